The van der Waals surface area contributed by atoms with E-state index in [1.165, 1.54) is 13.8 Å². The van der Waals surface area contributed by atoms with Crippen LogP contribution in [0.2, 0.25) is 0 Å². The van der Waals surface area contributed by atoms with Crippen molar-refractivity contribution < 1.29 is 28.7 Å². The van der Waals surface area contributed by atoms with Gasteiger partial charge in [-0.1, -0.05) is 0 Å². The molecule has 0 aliphatic rings. The number of unbranched alkanes of at least 4 members (excludes halogenated alkanes) is 1. The minimum absolute atomic E-state index is 0.191. The Morgan fingerprint density at radius 3 is 1.96 bits per heavy atom. The summed E-state index contributed by atoms with van der Waals surface area (Å²) in [4.78, 5) is 44.5. The number of carbonyl (C=O) groups is 4. The first-order valence-electron chi connectivity index (χ1n) is 7.92. The Morgan fingerprint density at radius 1 is 0.913 bits per heavy atom. The standard InChI is InChI=1S/C17H28O6/c1-12(18)10-15(20)22-14(3)8-6-7-9-17(4,5)23-16(21)11-13(2)19/h14H,6-11H2,1-5H3. The molecule has 0 saturated carbocycles. The molecule has 0 spiro atoms. The van der Waals surface area contributed by atoms with Crippen molar-refractivity contribution in [1.82, 2.24) is 0 Å². The smallest absolute Gasteiger partial charge is 0.313 e. The largest absolute Gasteiger partial charge is 0.462 e. The van der Waals surface area contributed by atoms with Gasteiger partial charge in [-0.25, -0.2) is 0 Å². The summed E-state index contributed by atoms with van der Waals surface area (Å²) < 4.78 is 10.4. The van der Waals surface area contributed by atoms with E-state index in [2.05, 4.69) is 0 Å². The van der Waals surface area contributed by atoms with Crippen LogP contribution in [-0.4, -0.2) is 35.2 Å². The van der Waals surface area contributed by atoms with E-state index in [1.54, 1.807) is 20.8 Å². The molecule has 0 aliphatic heterocycles. The molecule has 0 bridgehead atoms. The first-order valence-corrected chi connectivity index (χ1v) is 7.92. The second-order valence-corrected chi connectivity index (χ2v) is 6.54. The van der Waals surface area contributed by atoms with E-state index in [0.29, 0.717) is 12.8 Å². The first-order chi connectivity index (χ1) is 10.5. The molecular weight excluding hydrogens is 300 g/mol. The van der Waals surface area contributed by atoms with Crippen molar-refractivity contribution in [2.24, 2.45) is 0 Å². The second-order valence-electron chi connectivity index (χ2n) is 6.54. The van der Waals surface area contributed by atoms with Crippen LogP contribution in [0.25, 0.3) is 0 Å². The molecule has 1 unspecified atom stereocenters. The molecule has 6 nitrogen and oxygen atoms in total. The molecule has 6 heteroatoms. The van der Waals surface area contributed by atoms with Crippen LogP contribution in [-0.2, 0) is 28.7 Å². The average molecular weight is 328 g/mol. The average Bonchev–Trinajstić information content (AvgIpc) is 2.31. The molecule has 132 valence electrons. The van der Waals surface area contributed by atoms with Gasteiger partial charge in [-0.05, 0) is 60.3 Å². The quantitative estimate of drug-likeness (QED) is 0.329. The molecule has 0 aromatic rings. The molecule has 0 amide bonds. The third kappa shape index (κ3) is 12.5. The Morgan fingerprint density at radius 2 is 1.43 bits per heavy atom. The van der Waals surface area contributed by atoms with Crippen molar-refractivity contribution in [2.75, 3.05) is 0 Å². The lowest BCUT2D eigenvalue weighted by atomic mass is 9.99. The van der Waals surface area contributed by atoms with Crippen LogP contribution in [0.4, 0.5) is 0 Å². The van der Waals surface area contributed by atoms with Gasteiger partial charge >= 0.3 is 11.9 Å². The molecule has 1 atom stereocenters. The Labute approximate surface area is 137 Å². The van der Waals surface area contributed by atoms with Crippen LogP contribution in [0.5, 0.6) is 0 Å². The lowest BCUT2D eigenvalue weighted by Crippen LogP contribution is -2.28. The van der Waals surface area contributed by atoms with Gasteiger partial charge in [0.2, 0.25) is 0 Å². The van der Waals surface area contributed by atoms with Gasteiger partial charge in [0.05, 0.1) is 6.10 Å². The molecule has 0 fully saturated rings. The van der Waals surface area contributed by atoms with Crippen LogP contribution in [0.1, 0.15) is 73.1 Å². The Bertz CT molecular complexity index is 438. The summed E-state index contributed by atoms with van der Waals surface area (Å²) in [6, 6.07) is 0. The van der Waals surface area contributed by atoms with Gasteiger partial charge in [-0.3, -0.25) is 19.2 Å². The van der Waals surface area contributed by atoms with Gasteiger partial charge in [-0.2, -0.15) is 0 Å². The summed E-state index contributed by atoms with van der Waals surface area (Å²) in [5, 5.41) is 0. The topological polar surface area (TPSA) is 86.7 Å². The lowest BCUT2D eigenvalue weighted by molar-refractivity contribution is -0.158. The van der Waals surface area contributed by atoms with Crippen molar-refractivity contribution in [1.29, 1.82) is 0 Å². The summed E-state index contributed by atoms with van der Waals surface area (Å²) in [7, 11) is 0. The zero-order valence-electron chi connectivity index (χ0n) is 14.8. The number of hydrogen-bond acceptors (Lipinski definition) is 6. The maximum atomic E-state index is 11.5. The van der Waals surface area contributed by atoms with E-state index in [1.807, 2.05) is 0 Å². The Balaban J connectivity index is 3.96. The van der Waals surface area contributed by atoms with Crippen LogP contribution in [0.3, 0.4) is 0 Å². The van der Waals surface area contributed by atoms with Crippen LogP contribution < -0.4 is 0 Å². The number of rotatable bonds is 11. The van der Waals surface area contributed by atoms with E-state index in [0.717, 1.165) is 12.8 Å². The number of esters is 2. The van der Waals surface area contributed by atoms with Gasteiger partial charge in [0, 0.05) is 0 Å². The second kappa shape index (κ2) is 10.1. The minimum atomic E-state index is -0.624. The maximum absolute atomic E-state index is 11.5. The van der Waals surface area contributed by atoms with Crippen molar-refractivity contribution in [3.05, 3.63) is 0 Å². The molecule has 0 aromatic carbocycles. The SMILES string of the molecule is CC(=O)CC(=O)OC(C)CCCCC(C)(C)OC(=O)CC(C)=O. The summed E-state index contributed by atoms with van der Waals surface area (Å²) in [6.07, 6.45) is 2.31. The van der Waals surface area contributed by atoms with Gasteiger partial charge in [0.15, 0.2) is 0 Å². The fourth-order valence-electron chi connectivity index (χ4n) is 2.11. The van der Waals surface area contributed by atoms with E-state index < -0.39 is 17.5 Å². The summed E-state index contributed by atoms with van der Waals surface area (Å²) in [5.74, 6) is -1.43. The van der Waals surface area contributed by atoms with Crippen molar-refractivity contribution >= 4 is 23.5 Å². The number of ketones is 2. The Hall–Kier alpha value is -1.72. The van der Waals surface area contributed by atoms with Crippen molar-refractivity contribution in [3.8, 4) is 0 Å². The molecule has 0 N–H and O–H groups in total. The minimum Gasteiger partial charge on any atom is -0.462 e. The number of hydrogen-bond donors (Lipinski definition) is 0. The van der Waals surface area contributed by atoms with E-state index in [4.69, 9.17) is 9.47 Å². The highest BCUT2D eigenvalue weighted by Crippen LogP contribution is 2.20. The summed E-state index contributed by atoms with van der Waals surface area (Å²) >= 11 is 0. The van der Waals surface area contributed by atoms with Gasteiger partial charge in [0.25, 0.3) is 0 Å². The van der Waals surface area contributed by atoms with E-state index in [-0.39, 0.29) is 30.5 Å². The van der Waals surface area contributed by atoms with E-state index in [9.17, 15) is 19.2 Å². The molecule has 0 heterocycles. The first kappa shape index (κ1) is 21.3. The molecule has 0 radical (unpaired) electrons. The van der Waals surface area contributed by atoms with Crippen LogP contribution in [0.15, 0.2) is 0 Å². The van der Waals surface area contributed by atoms with Crippen molar-refractivity contribution in [3.63, 3.8) is 0 Å². The summed E-state index contributed by atoms with van der Waals surface area (Å²) in [5.41, 5.74) is -0.624. The zero-order valence-corrected chi connectivity index (χ0v) is 14.8. The highest BCUT2D eigenvalue weighted by atomic mass is 16.6. The molecule has 0 aliphatic carbocycles. The van der Waals surface area contributed by atoms with Crippen LogP contribution in [0, 0.1) is 0 Å². The number of carbonyl (C=O) groups excluding carboxylic acids is 4. The van der Waals surface area contributed by atoms with Gasteiger partial charge < -0.3 is 9.47 Å². The third-order valence-electron chi connectivity index (χ3n) is 3.15. The highest BCUT2D eigenvalue weighted by molar-refractivity contribution is 5.94. The fourth-order valence-corrected chi connectivity index (χ4v) is 2.11. The maximum Gasteiger partial charge on any atom is 0.313 e. The number of Topliss-reactive ketones (excluding diaryl/α,β-unsaturated/α-hetero) is 2. The summed E-state index contributed by atoms with van der Waals surface area (Å²) in [6.45, 7) is 8.10. The lowest BCUT2D eigenvalue weighted by Gasteiger charge is -2.25. The normalized spacial score (nSPS) is 12.4. The van der Waals surface area contributed by atoms with Crippen molar-refractivity contribution in [2.45, 2.75) is 84.8 Å². The molecule has 0 rings (SSSR count). The third-order valence-corrected chi connectivity index (χ3v) is 3.15. The molecule has 0 saturated heterocycles. The van der Waals surface area contributed by atoms with Crippen LogP contribution >= 0.6 is 0 Å². The Kier molecular flexibility index (Phi) is 9.37. The predicted molar refractivity (Wildman–Crippen MR) is 84.8 cm³/mol. The number of ether oxygens (including phenoxy) is 2. The molecule has 0 aromatic heterocycles. The van der Waals surface area contributed by atoms with E-state index >= 15 is 0 Å². The predicted octanol–water partition coefficient (Wildman–Crippen LogP) is 2.76. The van der Waals surface area contributed by atoms with Gasteiger partial charge in [-0.15, -0.1) is 0 Å². The monoisotopic (exact) mass is 328 g/mol. The van der Waals surface area contributed by atoms with Gasteiger partial charge in [0.1, 0.15) is 30.0 Å². The molecular formula is C17H28O6. The zero-order chi connectivity index (χ0) is 18.0. The molecule has 23 heavy (non-hydrogen) atoms. The fraction of sp³-hybridized carbons (Fsp3) is 0.765. The highest BCUT2D eigenvalue weighted by Gasteiger charge is 2.23.